The number of pyridine rings is 1. The molecule has 7 nitrogen and oxygen atoms in total. The second kappa shape index (κ2) is 7.41. The summed E-state index contributed by atoms with van der Waals surface area (Å²) in [5.41, 5.74) is 5.28. The van der Waals surface area contributed by atoms with Gasteiger partial charge in [0, 0.05) is 30.2 Å². The number of nitrogens with one attached hydrogen (secondary N) is 1. The molecule has 0 aliphatic carbocycles. The molecule has 136 valence electrons. The topological polar surface area (TPSA) is 85.6 Å². The van der Waals surface area contributed by atoms with Crippen molar-refractivity contribution in [3.63, 3.8) is 0 Å². The molecular formula is C18H22N6OS. The lowest BCUT2D eigenvalue weighted by Crippen LogP contribution is -2.14. The lowest BCUT2D eigenvalue weighted by atomic mass is 10.1. The van der Waals surface area contributed by atoms with Crippen LogP contribution in [0.2, 0.25) is 0 Å². The molecule has 0 saturated heterocycles. The van der Waals surface area contributed by atoms with E-state index in [2.05, 4.69) is 25.4 Å². The molecule has 3 aromatic heterocycles. The maximum atomic E-state index is 12.4. The summed E-state index contributed by atoms with van der Waals surface area (Å²) in [7, 11) is 1.86. The van der Waals surface area contributed by atoms with Crippen LogP contribution in [0.1, 0.15) is 29.1 Å². The van der Waals surface area contributed by atoms with Crippen molar-refractivity contribution in [1.29, 1.82) is 0 Å². The van der Waals surface area contributed by atoms with Gasteiger partial charge in [0.05, 0.1) is 17.6 Å². The van der Waals surface area contributed by atoms with Gasteiger partial charge in [0.25, 0.3) is 0 Å². The van der Waals surface area contributed by atoms with Gasteiger partial charge >= 0.3 is 0 Å². The smallest absolute Gasteiger partial charge is 0.224 e. The standard InChI is InChI=1S/C18H22N6OS/c1-10-14(11(2)21-18(20-10)26-5)6-7-16(25)22-13-8-15-12(3)23-24(4)17(15)19-9-13/h8-9H,6-7H2,1-5H3,(H,22,25). The number of thioether (sulfide) groups is 1. The Hall–Kier alpha value is -2.48. The largest absolute Gasteiger partial charge is 0.325 e. The van der Waals surface area contributed by atoms with Crippen molar-refractivity contribution in [3.05, 3.63) is 34.9 Å². The molecule has 0 spiro atoms. The Balaban J connectivity index is 1.69. The summed E-state index contributed by atoms with van der Waals surface area (Å²) in [5, 5.41) is 8.97. The summed E-state index contributed by atoms with van der Waals surface area (Å²) < 4.78 is 1.74. The predicted octanol–water partition coefficient (Wildman–Crippen LogP) is 2.98. The Morgan fingerprint density at radius 1 is 1.19 bits per heavy atom. The summed E-state index contributed by atoms with van der Waals surface area (Å²) in [5.74, 6) is -0.0552. The van der Waals surface area contributed by atoms with Crippen LogP contribution in [0.25, 0.3) is 11.0 Å². The number of nitrogens with zero attached hydrogens (tertiary/aromatic N) is 5. The van der Waals surface area contributed by atoms with Crippen molar-refractivity contribution in [3.8, 4) is 0 Å². The number of amides is 1. The van der Waals surface area contributed by atoms with E-state index in [-0.39, 0.29) is 5.91 Å². The van der Waals surface area contributed by atoms with Crippen LogP contribution in [0, 0.1) is 20.8 Å². The molecule has 0 atom stereocenters. The average Bonchev–Trinajstić information content (AvgIpc) is 2.87. The van der Waals surface area contributed by atoms with Crippen LogP contribution in [0.4, 0.5) is 5.69 Å². The zero-order valence-corrected chi connectivity index (χ0v) is 16.4. The quantitative estimate of drug-likeness (QED) is 0.549. The van der Waals surface area contributed by atoms with Gasteiger partial charge in [0.2, 0.25) is 5.91 Å². The fourth-order valence-corrected chi connectivity index (χ4v) is 3.46. The molecule has 0 saturated carbocycles. The van der Waals surface area contributed by atoms with Crippen LogP contribution in [0.15, 0.2) is 17.4 Å². The van der Waals surface area contributed by atoms with E-state index in [1.165, 1.54) is 11.8 Å². The highest BCUT2D eigenvalue weighted by molar-refractivity contribution is 7.98. The fraction of sp³-hybridized carbons (Fsp3) is 0.389. The molecule has 0 fully saturated rings. The molecule has 3 heterocycles. The highest BCUT2D eigenvalue weighted by Crippen LogP contribution is 2.20. The molecule has 26 heavy (non-hydrogen) atoms. The summed E-state index contributed by atoms with van der Waals surface area (Å²) in [6, 6.07) is 1.91. The Morgan fingerprint density at radius 3 is 2.54 bits per heavy atom. The highest BCUT2D eigenvalue weighted by atomic mass is 32.2. The van der Waals surface area contributed by atoms with Crippen molar-refractivity contribution in [2.75, 3.05) is 11.6 Å². The minimum atomic E-state index is -0.0552. The van der Waals surface area contributed by atoms with E-state index in [0.717, 1.165) is 38.8 Å². The molecule has 0 aliphatic rings. The first-order valence-electron chi connectivity index (χ1n) is 8.36. The van der Waals surface area contributed by atoms with Gasteiger partial charge in [-0.25, -0.2) is 15.0 Å². The van der Waals surface area contributed by atoms with Gasteiger partial charge in [0.15, 0.2) is 10.8 Å². The van der Waals surface area contributed by atoms with E-state index in [1.807, 2.05) is 40.1 Å². The SMILES string of the molecule is CSc1nc(C)c(CCC(=O)Nc2cnc3c(c2)c(C)nn3C)c(C)n1. The lowest BCUT2D eigenvalue weighted by molar-refractivity contribution is -0.116. The van der Waals surface area contributed by atoms with Crippen molar-refractivity contribution in [2.24, 2.45) is 7.05 Å². The van der Waals surface area contributed by atoms with Gasteiger partial charge in [-0.1, -0.05) is 11.8 Å². The zero-order valence-electron chi connectivity index (χ0n) is 15.6. The van der Waals surface area contributed by atoms with Gasteiger partial charge in [-0.2, -0.15) is 5.10 Å². The Kier molecular flexibility index (Phi) is 5.22. The number of aromatic nitrogens is 5. The molecule has 0 aliphatic heterocycles. The molecule has 3 aromatic rings. The van der Waals surface area contributed by atoms with Crippen molar-refractivity contribution in [1.82, 2.24) is 24.7 Å². The maximum Gasteiger partial charge on any atom is 0.224 e. The molecule has 1 amide bonds. The van der Waals surface area contributed by atoms with Crippen molar-refractivity contribution < 1.29 is 4.79 Å². The molecule has 0 aromatic carbocycles. The van der Waals surface area contributed by atoms with E-state index in [1.54, 1.807) is 10.9 Å². The fourth-order valence-electron chi connectivity index (χ4n) is 3.00. The van der Waals surface area contributed by atoms with Gasteiger partial charge in [-0.15, -0.1) is 0 Å². The van der Waals surface area contributed by atoms with Gasteiger partial charge in [-0.3, -0.25) is 9.48 Å². The van der Waals surface area contributed by atoms with E-state index in [9.17, 15) is 4.79 Å². The molecule has 0 bridgehead atoms. The number of fused-ring (bicyclic) bond motifs is 1. The maximum absolute atomic E-state index is 12.4. The van der Waals surface area contributed by atoms with Gasteiger partial charge in [-0.05, 0) is 45.1 Å². The van der Waals surface area contributed by atoms with Crippen LogP contribution < -0.4 is 5.32 Å². The predicted molar refractivity (Wildman–Crippen MR) is 103 cm³/mol. The monoisotopic (exact) mass is 370 g/mol. The molecule has 8 heteroatoms. The summed E-state index contributed by atoms with van der Waals surface area (Å²) >= 11 is 1.52. The molecule has 0 radical (unpaired) electrons. The first-order valence-corrected chi connectivity index (χ1v) is 9.59. The third kappa shape index (κ3) is 3.70. The second-order valence-electron chi connectivity index (χ2n) is 6.21. The van der Waals surface area contributed by atoms with Crippen LogP contribution in [-0.4, -0.2) is 36.9 Å². The van der Waals surface area contributed by atoms with Crippen LogP contribution in [0.5, 0.6) is 0 Å². The second-order valence-corrected chi connectivity index (χ2v) is 6.99. The average molecular weight is 370 g/mol. The Labute approximate surface area is 156 Å². The van der Waals surface area contributed by atoms with E-state index >= 15 is 0 Å². The number of hydrogen-bond donors (Lipinski definition) is 1. The van der Waals surface area contributed by atoms with Gasteiger partial charge < -0.3 is 5.32 Å². The van der Waals surface area contributed by atoms with Crippen LogP contribution >= 0.6 is 11.8 Å². The van der Waals surface area contributed by atoms with Crippen LogP contribution in [0.3, 0.4) is 0 Å². The van der Waals surface area contributed by atoms with Crippen LogP contribution in [-0.2, 0) is 18.3 Å². The minimum absolute atomic E-state index is 0.0552. The minimum Gasteiger partial charge on any atom is -0.325 e. The van der Waals surface area contributed by atoms with Crippen molar-refractivity contribution in [2.45, 2.75) is 38.8 Å². The summed E-state index contributed by atoms with van der Waals surface area (Å²) in [6.45, 7) is 5.86. The van der Waals surface area contributed by atoms with E-state index in [4.69, 9.17) is 0 Å². The molecular weight excluding hydrogens is 348 g/mol. The van der Waals surface area contributed by atoms with Gasteiger partial charge in [0.1, 0.15) is 0 Å². The molecule has 1 N–H and O–H groups in total. The number of carbonyl (C=O) groups is 1. The lowest BCUT2D eigenvalue weighted by Gasteiger charge is -2.10. The van der Waals surface area contributed by atoms with Crippen molar-refractivity contribution >= 4 is 34.4 Å². The Morgan fingerprint density at radius 2 is 1.88 bits per heavy atom. The zero-order chi connectivity index (χ0) is 18.8. The molecule has 3 rings (SSSR count). The summed E-state index contributed by atoms with van der Waals surface area (Å²) in [4.78, 5) is 25.7. The summed E-state index contributed by atoms with van der Waals surface area (Å²) in [6.07, 6.45) is 4.60. The number of hydrogen-bond acceptors (Lipinski definition) is 6. The third-order valence-electron chi connectivity index (χ3n) is 4.33. The van der Waals surface area contributed by atoms with E-state index in [0.29, 0.717) is 18.5 Å². The number of rotatable bonds is 5. The normalized spacial score (nSPS) is 11.1. The number of anilines is 1. The number of aryl methyl sites for hydroxylation is 4. The van der Waals surface area contributed by atoms with E-state index < -0.39 is 0 Å². The first kappa shape index (κ1) is 18.3. The third-order valence-corrected chi connectivity index (χ3v) is 4.88. The first-order chi connectivity index (χ1) is 12.4. The molecule has 0 unspecified atom stereocenters. The highest BCUT2D eigenvalue weighted by Gasteiger charge is 2.12. The Bertz CT molecular complexity index is 958. The number of carbonyl (C=O) groups excluding carboxylic acids is 1.